The maximum absolute atomic E-state index is 13.6. The van der Waals surface area contributed by atoms with Gasteiger partial charge in [0.2, 0.25) is 0 Å². The smallest absolute Gasteiger partial charge is 0.266 e. The summed E-state index contributed by atoms with van der Waals surface area (Å²) in [7, 11) is 1.51. The summed E-state index contributed by atoms with van der Waals surface area (Å²) in [5.41, 5.74) is 0.479. The maximum atomic E-state index is 13.6. The normalized spacial score (nSPS) is 10.7. The van der Waals surface area contributed by atoms with E-state index in [9.17, 15) is 9.18 Å². The molecule has 0 atom stereocenters. The fourth-order valence-corrected chi connectivity index (χ4v) is 1.80. The fourth-order valence-electron chi connectivity index (χ4n) is 1.80. The van der Waals surface area contributed by atoms with Gasteiger partial charge in [0.25, 0.3) is 5.91 Å². The lowest BCUT2D eigenvalue weighted by molar-refractivity contribution is -0.112. The van der Waals surface area contributed by atoms with Crippen molar-refractivity contribution in [2.75, 3.05) is 12.4 Å². The van der Waals surface area contributed by atoms with Crippen molar-refractivity contribution in [3.63, 3.8) is 0 Å². The van der Waals surface area contributed by atoms with Crippen LogP contribution in [-0.2, 0) is 4.79 Å². The third-order valence-corrected chi connectivity index (χ3v) is 2.90. The number of nitrogens with one attached hydrogen (secondary N) is 1. The van der Waals surface area contributed by atoms with Gasteiger partial charge in [0.1, 0.15) is 23.2 Å². The number of hydrogen-bond donors (Lipinski definition) is 1. The van der Waals surface area contributed by atoms with Crippen LogP contribution in [0.2, 0.25) is 0 Å². The van der Waals surface area contributed by atoms with Crippen LogP contribution in [0.1, 0.15) is 5.56 Å². The molecule has 2 aromatic carbocycles. The zero-order valence-electron chi connectivity index (χ0n) is 11.8. The van der Waals surface area contributed by atoms with E-state index in [4.69, 9.17) is 10.00 Å². The van der Waals surface area contributed by atoms with Gasteiger partial charge in [-0.2, -0.15) is 5.26 Å². The molecule has 0 aliphatic rings. The van der Waals surface area contributed by atoms with Crippen LogP contribution in [0.3, 0.4) is 0 Å². The number of rotatable bonds is 4. The van der Waals surface area contributed by atoms with Crippen molar-refractivity contribution in [2.24, 2.45) is 0 Å². The molecule has 0 aromatic heterocycles. The molecule has 2 rings (SSSR count). The number of nitriles is 1. The number of methoxy groups -OCH3 is 1. The van der Waals surface area contributed by atoms with Crippen LogP contribution in [-0.4, -0.2) is 13.0 Å². The van der Waals surface area contributed by atoms with Crippen molar-refractivity contribution in [2.45, 2.75) is 0 Å². The highest BCUT2D eigenvalue weighted by Gasteiger charge is 2.11. The van der Waals surface area contributed by atoms with Crippen molar-refractivity contribution in [3.8, 4) is 11.8 Å². The van der Waals surface area contributed by atoms with E-state index in [0.29, 0.717) is 11.4 Å². The monoisotopic (exact) mass is 296 g/mol. The number of anilines is 1. The van der Waals surface area contributed by atoms with E-state index in [0.717, 1.165) is 0 Å². The first-order valence-corrected chi connectivity index (χ1v) is 6.46. The highest BCUT2D eigenvalue weighted by molar-refractivity contribution is 6.09. The van der Waals surface area contributed by atoms with E-state index < -0.39 is 11.7 Å². The Labute approximate surface area is 127 Å². The number of carbonyl (C=O) groups is 1. The van der Waals surface area contributed by atoms with E-state index in [1.807, 2.05) is 0 Å². The summed E-state index contributed by atoms with van der Waals surface area (Å²) in [5, 5.41) is 11.7. The van der Waals surface area contributed by atoms with Gasteiger partial charge in [0, 0.05) is 17.3 Å². The van der Waals surface area contributed by atoms with Crippen LogP contribution < -0.4 is 10.1 Å². The molecule has 2 aromatic rings. The number of nitrogens with zero attached hydrogens (tertiary/aromatic N) is 1. The second-order valence-corrected chi connectivity index (χ2v) is 4.38. The Morgan fingerprint density at radius 3 is 2.73 bits per heavy atom. The van der Waals surface area contributed by atoms with Gasteiger partial charge >= 0.3 is 0 Å². The molecule has 0 spiro atoms. The van der Waals surface area contributed by atoms with E-state index in [1.165, 1.54) is 31.4 Å². The highest BCUT2D eigenvalue weighted by Crippen LogP contribution is 2.18. The van der Waals surface area contributed by atoms with E-state index in [1.54, 1.807) is 36.4 Å². The topological polar surface area (TPSA) is 62.1 Å². The molecule has 5 heteroatoms. The Morgan fingerprint density at radius 2 is 2.05 bits per heavy atom. The Kier molecular flexibility index (Phi) is 4.89. The number of ether oxygens (including phenoxy) is 1. The molecule has 0 unspecified atom stereocenters. The second kappa shape index (κ2) is 7.04. The molecule has 1 amide bonds. The van der Waals surface area contributed by atoms with Crippen LogP contribution >= 0.6 is 0 Å². The minimum Gasteiger partial charge on any atom is -0.497 e. The molecule has 4 nitrogen and oxygen atoms in total. The first-order chi connectivity index (χ1) is 10.6. The highest BCUT2D eigenvalue weighted by atomic mass is 19.1. The van der Waals surface area contributed by atoms with Crippen molar-refractivity contribution < 1.29 is 13.9 Å². The summed E-state index contributed by atoms with van der Waals surface area (Å²) in [6.07, 6.45) is 1.21. The Hall–Kier alpha value is -3.13. The van der Waals surface area contributed by atoms with E-state index in [-0.39, 0.29) is 11.1 Å². The Bertz CT molecular complexity index is 763. The lowest BCUT2D eigenvalue weighted by Crippen LogP contribution is -2.13. The van der Waals surface area contributed by atoms with Crippen molar-refractivity contribution in [1.82, 2.24) is 0 Å². The summed E-state index contributed by atoms with van der Waals surface area (Å²) in [5.74, 6) is -0.530. The second-order valence-electron chi connectivity index (χ2n) is 4.38. The average Bonchev–Trinajstić information content (AvgIpc) is 2.54. The molecule has 0 radical (unpaired) electrons. The summed E-state index contributed by atoms with van der Waals surface area (Å²) < 4.78 is 18.6. The fraction of sp³-hybridized carbons (Fsp3) is 0.0588. The SMILES string of the molecule is COc1cccc(NC(=O)C(C#N)=Cc2ccccc2F)c1. The molecule has 0 heterocycles. The van der Waals surface area contributed by atoms with E-state index in [2.05, 4.69) is 5.32 Å². The van der Waals surface area contributed by atoms with Gasteiger partial charge in [-0.1, -0.05) is 24.3 Å². The van der Waals surface area contributed by atoms with Crippen molar-refractivity contribution >= 4 is 17.7 Å². The molecule has 0 bridgehead atoms. The summed E-state index contributed by atoms with van der Waals surface area (Å²) in [6, 6.07) is 14.4. The molecule has 0 aliphatic carbocycles. The van der Waals surface area contributed by atoms with Gasteiger partial charge in [0.05, 0.1) is 7.11 Å². The molecular weight excluding hydrogens is 283 g/mol. The van der Waals surface area contributed by atoms with Crippen LogP contribution in [0.15, 0.2) is 54.1 Å². The third-order valence-electron chi connectivity index (χ3n) is 2.90. The molecular formula is C17H13FN2O2. The Morgan fingerprint density at radius 1 is 1.27 bits per heavy atom. The van der Waals surface area contributed by atoms with Gasteiger partial charge in [-0.15, -0.1) is 0 Å². The van der Waals surface area contributed by atoms with Gasteiger partial charge in [-0.25, -0.2) is 4.39 Å². The lowest BCUT2D eigenvalue weighted by atomic mass is 10.1. The first-order valence-electron chi connectivity index (χ1n) is 6.46. The van der Waals surface area contributed by atoms with Gasteiger partial charge in [-0.05, 0) is 24.3 Å². The number of hydrogen-bond acceptors (Lipinski definition) is 3. The number of carbonyl (C=O) groups excluding carboxylic acids is 1. The van der Waals surface area contributed by atoms with Crippen molar-refractivity contribution in [1.29, 1.82) is 5.26 Å². The number of halogens is 1. The third kappa shape index (κ3) is 3.70. The number of amides is 1. The van der Waals surface area contributed by atoms with Crippen LogP contribution in [0, 0.1) is 17.1 Å². The number of benzene rings is 2. The molecule has 0 saturated carbocycles. The zero-order valence-corrected chi connectivity index (χ0v) is 11.8. The predicted octanol–water partition coefficient (Wildman–Crippen LogP) is 3.38. The molecule has 110 valence electrons. The Balaban J connectivity index is 2.23. The predicted molar refractivity (Wildman–Crippen MR) is 81.6 cm³/mol. The minimum absolute atomic E-state index is 0.180. The molecule has 0 saturated heterocycles. The lowest BCUT2D eigenvalue weighted by Gasteiger charge is -2.06. The van der Waals surface area contributed by atoms with Crippen LogP contribution in [0.4, 0.5) is 10.1 Å². The van der Waals surface area contributed by atoms with Gasteiger partial charge in [0.15, 0.2) is 0 Å². The summed E-state index contributed by atoms with van der Waals surface area (Å²) in [6.45, 7) is 0. The van der Waals surface area contributed by atoms with Crippen LogP contribution in [0.5, 0.6) is 5.75 Å². The van der Waals surface area contributed by atoms with Gasteiger partial charge in [-0.3, -0.25) is 4.79 Å². The van der Waals surface area contributed by atoms with Crippen LogP contribution in [0.25, 0.3) is 6.08 Å². The largest absolute Gasteiger partial charge is 0.497 e. The summed E-state index contributed by atoms with van der Waals surface area (Å²) >= 11 is 0. The van der Waals surface area contributed by atoms with Crippen molar-refractivity contribution in [3.05, 3.63) is 65.5 Å². The minimum atomic E-state index is -0.612. The molecule has 0 fully saturated rings. The van der Waals surface area contributed by atoms with Gasteiger partial charge < -0.3 is 10.1 Å². The molecule has 1 N–H and O–H groups in total. The molecule has 22 heavy (non-hydrogen) atoms. The zero-order chi connectivity index (χ0) is 15.9. The standard InChI is InChI=1S/C17H13FN2O2/c1-22-15-7-4-6-14(10-15)20-17(21)13(11-19)9-12-5-2-3-8-16(12)18/h2-10H,1H3,(H,20,21). The van der Waals surface area contributed by atoms with E-state index >= 15 is 0 Å². The maximum Gasteiger partial charge on any atom is 0.266 e. The quantitative estimate of drug-likeness (QED) is 0.695. The molecule has 0 aliphatic heterocycles. The first kappa shape index (κ1) is 15.3. The average molecular weight is 296 g/mol. The summed E-state index contributed by atoms with van der Waals surface area (Å²) in [4.78, 5) is 12.1.